The van der Waals surface area contributed by atoms with Crippen LogP contribution in [0.25, 0.3) is 0 Å². The topological polar surface area (TPSA) is 101 Å². The fourth-order valence-electron chi connectivity index (χ4n) is 6.18. The van der Waals surface area contributed by atoms with Crippen molar-refractivity contribution >= 4 is 23.7 Å². The van der Waals surface area contributed by atoms with Crippen molar-refractivity contribution in [1.29, 1.82) is 0 Å². The molecule has 268 valence electrons. The number of carboxylic acid groups (broad SMARTS) is 1. The highest BCUT2D eigenvalue weighted by atomic mass is 32.2. The first-order valence-corrected chi connectivity index (χ1v) is 17.5. The van der Waals surface area contributed by atoms with Gasteiger partial charge in [0.05, 0.1) is 33.5 Å². The smallest absolute Gasteiger partial charge is 0.344 e. The zero-order valence-corrected chi connectivity index (χ0v) is 32.8. The second-order valence-corrected chi connectivity index (χ2v) is 15.7. The Morgan fingerprint density at radius 2 is 1.12 bits per heavy atom. The van der Waals surface area contributed by atoms with E-state index in [0.29, 0.717) is 46.1 Å². The summed E-state index contributed by atoms with van der Waals surface area (Å²) in [5.74, 6) is 1.63. The van der Waals surface area contributed by atoms with Crippen molar-refractivity contribution in [2.24, 2.45) is 0 Å². The molecule has 9 heteroatoms. The van der Waals surface area contributed by atoms with Gasteiger partial charge in [0.2, 0.25) is 0 Å². The van der Waals surface area contributed by atoms with Gasteiger partial charge in [0.1, 0.15) is 22.8 Å². The standard InChI is InChI=1S/C40H54O8S/c1-21-22(2)31(37(41)42)33(44-13)25(5)30(21)38(43)48-35-24(4)23(3)32(26(6)34(35)45-14)47-17-16-18-49-27-19-28(39(7,8)9)36(46-15)29(20-27)40(10,11)12/h19-20H,16-18H2,1-15H3,(H,41,42). The first-order chi connectivity index (χ1) is 22.7. The van der Waals surface area contributed by atoms with Crippen LogP contribution in [0.4, 0.5) is 0 Å². The quantitative estimate of drug-likeness (QED) is 0.0860. The zero-order chi connectivity index (χ0) is 37.2. The summed E-state index contributed by atoms with van der Waals surface area (Å²) < 4.78 is 29.5. The third-order valence-electron chi connectivity index (χ3n) is 9.09. The van der Waals surface area contributed by atoms with Crippen molar-refractivity contribution in [1.82, 2.24) is 0 Å². The minimum Gasteiger partial charge on any atom is -0.496 e. The SMILES string of the molecule is COc1c(C(C)(C)C)cc(SCCCOc2c(C)c(C)c(OC(=O)c3c(C)c(C)c(C(=O)O)c(OC)c3C)c(OC)c2C)cc1C(C)(C)C. The third kappa shape index (κ3) is 8.14. The molecule has 0 amide bonds. The summed E-state index contributed by atoms with van der Waals surface area (Å²) in [7, 11) is 4.68. The van der Waals surface area contributed by atoms with E-state index < -0.39 is 11.9 Å². The summed E-state index contributed by atoms with van der Waals surface area (Å²) in [5.41, 5.74) is 6.20. The number of carboxylic acids is 1. The second kappa shape index (κ2) is 15.4. The predicted molar refractivity (Wildman–Crippen MR) is 198 cm³/mol. The van der Waals surface area contributed by atoms with E-state index in [1.165, 1.54) is 30.2 Å². The zero-order valence-electron chi connectivity index (χ0n) is 32.0. The number of carbonyl (C=O) groups is 2. The Morgan fingerprint density at radius 3 is 1.59 bits per heavy atom. The van der Waals surface area contributed by atoms with E-state index >= 15 is 0 Å². The number of hydrogen-bond acceptors (Lipinski definition) is 8. The molecule has 0 fully saturated rings. The van der Waals surface area contributed by atoms with Crippen molar-refractivity contribution in [3.05, 3.63) is 67.8 Å². The Bertz CT molecular complexity index is 1710. The maximum absolute atomic E-state index is 13.7. The fourth-order valence-corrected chi connectivity index (χ4v) is 7.08. The maximum Gasteiger partial charge on any atom is 0.344 e. The van der Waals surface area contributed by atoms with Gasteiger partial charge in [-0.25, -0.2) is 9.59 Å². The summed E-state index contributed by atoms with van der Waals surface area (Å²) in [6.07, 6.45) is 0.815. The predicted octanol–water partition coefficient (Wildman–Crippen LogP) is 9.64. The van der Waals surface area contributed by atoms with Crippen LogP contribution in [0.5, 0.6) is 28.7 Å². The van der Waals surface area contributed by atoms with Crippen molar-refractivity contribution < 1.29 is 38.4 Å². The van der Waals surface area contributed by atoms with Gasteiger partial charge < -0.3 is 28.8 Å². The van der Waals surface area contributed by atoms with Crippen LogP contribution in [0.3, 0.4) is 0 Å². The molecule has 3 aromatic rings. The Morgan fingerprint density at radius 1 is 0.633 bits per heavy atom. The number of esters is 1. The van der Waals surface area contributed by atoms with E-state index in [0.717, 1.165) is 29.1 Å². The van der Waals surface area contributed by atoms with E-state index in [-0.39, 0.29) is 27.7 Å². The molecular formula is C40H54O8S. The molecule has 0 aromatic heterocycles. The summed E-state index contributed by atoms with van der Waals surface area (Å²) in [6, 6.07) is 4.51. The van der Waals surface area contributed by atoms with Crippen molar-refractivity contribution in [3.8, 4) is 28.7 Å². The van der Waals surface area contributed by atoms with Gasteiger partial charge in [-0.15, -0.1) is 11.8 Å². The van der Waals surface area contributed by atoms with E-state index in [2.05, 4.69) is 53.7 Å². The molecule has 49 heavy (non-hydrogen) atoms. The highest BCUT2D eigenvalue weighted by Gasteiger charge is 2.30. The largest absolute Gasteiger partial charge is 0.496 e. The summed E-state index contributed by atoms with van der Waals surface area (Å²) in [4.78, 5) is 26.9. The summed E-state index contributed by atoms with van der Waals surface area (Å²) in [5, 5.41) is 9.79. The Hall–Kier alpha value is -3.85. The lowest BCUT2D eigenvalue weighted by Gasteiger charge is -2.30. The number of rotatable bonds is 12. The van der Waals surface area contributed by atoms with Gasteiger partial charge in [0, 0.05) is 38.5 Å². The molecule has 0 spiro atoms. The molecule has 1 N–H and O–H groups in total. The highest BCUT2D eigenvalue weighted by molar-refractivity contribution is 7.99. The number of methoxy groups -OCH3 is 3. The number of carbonyl (C=O) groups excluding carboxylic acids is 1. The molecule has 0 bridgehead atoms. The number of hydrogen-bond donors (Lipinski definition) is 1. The Balaban J connectivity index is 1.85. The van der Waals surface area contributed by atoms with Crippen molar-refractivity contribution in [3.63, 3.8) is 0 Å². The molecule has 0 saturated carbocycles. The lowest BCUT2D eigenvalue weighted by Crippen LogP contribution is -2.19. The Kier molecular flexibility index (Phi) is 12.4. The van der Waals surface area contributed by atoms with Crippen LogP contribution in [-0.4, -0.2) is 50.7 Å². The minimum absolute atomic E-state index is 0.0303. The van der Waals surface area contributed by atoms with Gasteiger partial charge >= 0.3 is 11.9 Å². The molecule has 8 nitrogen and oxygen atoms in total. The number of aromatic carboxylic acids is 1. The normalized spacial score (nSPS) is 11.7. The first kappa shape index (κ1) is 39.6. The van der Waals surface area contributed by atoms with Gasteiger partial charge in [-0.3, -0.25) is 0 Å². The number of ether oxygens (including phenoxy) is 5. The molecule has 3 aromatic carbocycles. The van der Waals surface area contributed by atoms with Crippen LogP contribution in [-0.2, 0) is 10.8 Å². The van der Waals surface area contributed by atoms with Crippen LogP contribution >= 0.6 is 11.8 Å². The lowest BCUT2D eigenvalue weighted by atomic mass is 9.79. The number of thioether (sulfide) groups is 1. The van der Waals surface area contributed by atoms with Gasteiger partial charge in [0.15, 0.2) is 11.5 Å². The molecule has 3 rings (SSSR count). The van der Waals surface area contributed by atoms with E-state index in [4.69, 9.17) is 23.7 Å². The molecule has 0 aliphatic heterocycles. The van der Waals surface area contributed by atoms with Crippen LogP contribution in [0, 0.1) is 41.5 Å². The molecule has 0 aliphatic carbocycles. The third-order valence-corrected chi connectivity index (χ3v) is 10.2. The second-order valence-electron chi connectivity index (χ2n) is 14.5. The van der Waals surface area contributed by atoms with E-state index in [1.807, 2.05) is 32.5 Å². The molecule has 0 heterocycles. The van der Waals surface area contributed by atoms with Crippen LogP contribution in [0.2, 0.25) is 0 Å². The average Bonchev–Trinajstić information content (AvgIpc) is 3.01. The van der Waals surface area contributed by atoms with Gasteiger partial charge in [-0.2, -0.15) is 0 Å². The van der Waals surface area contributed by atoms with Crippen molar-refractivity contribution in [2.45, 2.75) is 105 Å². The lowest BCUT2D eigenvalue weighted by molar-refractivity contribution is 0.0685. The monoisotopic (exact) mass is 694 g/mol. The fraction of sp³-hybridized carbons (Fsp3) is 0.500. The summed E-state index contributed by atoms with van der Waals surface area (Å²) in [6.45, 7) is 24.5. The molecule has 0 unspecified atom stereocenters. The van der Waals surface area contributed by atoms with Gasteiger partial charge in [-0.1, -0.05) is 41.5 Å². The van der Waals surface area contributed by atoms with E-state index in [1.54, 1.807) is 27.9 Å². The minimum atomic E-state index is -1.12. The molecule has 0 atom stereocenters. The molecular weight excluding hydrogens is 640 g/mol. The van der Waals surface area contributed by atoms with Crippen LogP contribution in [0.1, 0.15) is 113 Å². The van der Waals surface area contributed by atoms with Crippen LogP contribution < -0.4 is 23.7 Å². The summed E-state index contributed by atoms with van der Waals surface area (Å²) >= 11 is 1.81. The first-order valence-electron chi connectivity index (χ1n) is 16.5. The molecule has 0 aliphatic rings. The number of benzene rings is 3. The molecule has 0 radical (unpaired) electrons. The van der Waals surface area contributed by atoms with Gasteiger partial charge in [0.25, 0.3) is 0 Å². The van der Waals surface area contributed by atoms with E-state index in [9.17, 15) is 14.7 Å². The van der Waals surface area contributed by atoms with Crippen molar-refractivity contribution in [2.75, 3.05) is 33.7 Å². The highest BCUT2D eigenvalue weighted by Crippen LogP contribution is 2.45. The average molecular weight is 695 g/mol. The molecule has 0 saturated heterocycles. The Labute approximate surface area is 296 Å². The van der Waals surface area contributed by atoms with Crippen LogP contribution in [0.15, 0.2) is 17.0 Å². The van der Waals surface area contributed by atoms with Gasteiger partial charge in [-0.05, 0) is 87.6 Å². The maximum atomic E-state index is 13.7.